The minimum atomic E-state index is -0.811. The molecule has 0 spiro atoms. The van der Waals surface area contributed by atoms with Gasteiger partial charge in [0.05, 0.1) is 0 Å². The molecule has 0 aliphatic carbocycles. The second-order valence-electron chi connectivity index (χ2n) is 21.6. The summed E-state index contributed by atoms with van der Waals surface area (Å²) < 4.78 is 16.9. The van der Waals surface area contributed by atoms with Gasteiger partial charge in [0.25, 0.3) is 0 Å². The molecule has 6 nitrogen and oxygen atoms in total. The summed E-state index contributed by atoms with van der Waals surface area (Å²) in [5, 5.41) is 0. The Morgan fingerprint density at radius 1 is 0.259 bits per heavy atom. The Kier molecular flexibility index (Phi) is 63.9. The third kappa shape index (κ3) is 66.0. The molecule has 0 aliphatic heterocycles. The quantitative estimate of drug-likeness (QED) is 0.0261. The summed E-state index contributed by atoms with van der Waals surface area (Å²) in [7, 11) is 0. The van der Waals surface area contributed by atoms with Crippen LogP contribution < -0.4 is 0 Å². The average molecular weight is 1120 g/mol. The van der Waals surface area contributed by atoms with Crippen LogP contribution in [0.5, 0.6) is 0 Å². The number of ether oxygens (including phenoxy) is 3. The molecular weight excluding hydrogens is 997 g/mol. The van der Waals surface area contributed by atoms with Crippen molar-refractivity contribution < 1.29 is 28.6 Å². The average Bonchev–Trinajstić information content (AvgIpc) is 3.47. The van der Waals surface area contributed by atoms with Crippen LogP contribution in [0.25, 0.3) is 0 Å². The van der Waals surface area contributed by atoms with Crippen molar-refractivity contribution in [3.05, 3.63) is 146 Å². The molecule has 0 bridgehead atoms. The van der Waals surface area contributed by atoms with Crippen molar-refractivity contribution in [2.75, 3.05) is 13.2 Å². The predicted molar refractivity (Wildman–Crippen MR) is 352 cm³/mol. The van der Waals surface area contributed by atoms with Crippen LogP contribution in [0.4, 0.5) is 0 Å². The van der Waals surface area contributed by atoms with E-state index < -0.39 is 6.10 Å². The molecular formula is C75H122O6. The maximum absolute atomic E-state index is 12.9. The molecule has 6 heteroatoms. The fourth-order valence-corrected chi connectivity index (χ4v) is 8.88. The minimum absolute atomic E-state index is 0.102. The lowest BCUT2D eigenvalue weighted by atomic mass is 10.1. The Bertz CT molecular complexity index is 1760. The van der Waals surface area contributed by atoms with Gasteiger partial charge in [0.15, 0.2) is 6.10 Å². The van der Waals surface area contributed by atoms with Gasteiger partial charge in [-0.3, -0.25) is 14.4 Å². The predicted octanol–water partition coefficient (Wildman–Crippen LogP) is 23.1. The van der Waals surface area contributed by atoms with E-state index in [9.17, 15) is 14.4 Å². The summed E-state index contributed by atoms with van der Waals surface area (Å²) in [6.07, 6.45) is 97.1. The first-order chi connectivity index (χ1) is 40.0. The van der Waals surface area contributed by atoms with Gasteiger partial charge < -0.3 is 14.2 Å². The van der Waals surface area contributed by atoms with Crippen LogP contribution in [0.3, 0.4) is 0 Å². The molecule has 1 atom stereocenters. The van der Waals surface area contributed by atoms with Gasteiger partial charge in [-0.25, -0.2) is 0 Å². The molecule has 0 aliphatic rings. The van der Waals surface area contributed by atoms with Crippen LogP contribution in [0.2, 0.25) is 0 Å². The highest BCUT2D eigenvalue weighted by molar-refractivity contribution is 5.71. The molecule has 0 saturated carbocycles. The van der Waals surface area contributed by atoms with E-state index in [4.69, 9.17) is 14.2 Å². The van der Waals surface area contributed by atoms with Gasteiger partial charge in [0.2, 0.25) is 0 Å². The molecule has 0 rings (SSSR count). The van der Waals surface area contributed by atoms with Crippen molar-refractivity contribution in [1.82, 2.24) is 0 Å². The van der Waals surface area contributed by atoms with Gasteiger partial charge in [-0.15, -0.1) is 0 Å². The van der Waals surface area contributed by atoms with Crippen molar-refractivity contribution >= 4 is 17.9 Å². The Labute approximate surface area is 499 Å². The monoisotopic (exact) mass is 1120 g/mol. The van der Waals surface area contributed by atoms with Crippen molar-refractivity contribution in [3.63, 3.8) is 0 Å². The number of allylic oxidation sites excluding steroid dienone is 24. The zero-order valence-corrected chi connectivity index (χ0v) is 52.5. The summed E-state index contributed by atoms with van der Waals surface area (Å²) in [5.74, 6) is -0.949. The number of carbonyl (C=O) groups is 3. The second kappa shape index (κ2) is 67.8. The van der Waals surface area contributed by atoms with Crippen LogP contribution in [-0.2, 0) is 28.6 Å². The normalized spacial score (nSPS) is 13.1. The van der Waals surface area contributed by atoms with Gasteiger partial charge >= 0.3 is 17.9 Å². The standard InChI is InChI=1S/C75H122O6/c1-4-7-10-13-16-19-22-25-28-31-34-35-36-37-38-39-42-44-47-50-53-56-59-62-65-68-74(77)80-71-72(81-75(78)69-66-63-60-57-54-51-48-45-41-33-30-27-24-21-18-15-12-9-6-3)70-79-73(76)67-64-61-58-55-52-49-46-43-40-32-29-26-23-20-17-14-11-8-5-2/h7,9-10,12,16,18-19,21,25-30,34-35,37-38,41-42,44-45,51,54,72H,4-6,8,11,13-15,17,20,22-24,31-33,36,39-40,43,46-50,52-53,55-71H2,1-3H3/b10-7-,12-9-,19-16-,21-18-,28-25-,29-26-,30-27-,35-34-,38-37-,44-42-,45-41-,54-51-. The second-order valence-corrected chi connectivity index (χ2v) is 21.6. The third-order valence-electron chi connectivity index (χ3n) is 13.8. The minimum Gasteiger partial charge on any atom is -0.462 e. The van der Waals surface area contributed by atoms with Crippen LogP contribution in [0.1, 0.15) is 290 Å². The van der Waals surface area contributed by atoms with Crippen molar-refractivity contribution in [3.8, 4) is 0 Å². The first-order valence-electron chi connectivity index (χ1n) is 33.3. The molecule has 0 aromatic carbocycles. The fourth-order valence-electron chi connectivity index (χ4n) is 8.88. The smallest absolute Gasteiger partial charge is 0.306 e. The molecule has 0 aromatic heterocycles. The van der Waals surface area contributed by atoms with E-state index in [0.29, 0.717) is 12.8 Å². The molecule has 0 saturated heterocycles. The number of esters is 3. The van der Waals surface area contributed by atoms with E-state index >= 15 is 0 Å². The van der Waals surface area contributed by atoms with E-state index in [2.05, 4.69) is 167 Å². The Hall–Kier alpha value is -4.71. The van der Waals surface area contributed by atoms with Crippen molar-refractivity contribution in [1.29, 1.82) is 0 Å². The van der Waals surface area contributed by atoms with Crippen molar-refractivity contribution in [2.45, 2.75) is 297 Å². The zero-order valence-electron chi connectivity index (χ0n) is 52.5. The van der Waals surface area contributed by atoms with E-state index in [0.717, 1.165) is 148 Å². The molecule has 0 heterocycles. The van der Waals surface area contributed by atoms with Gasteiger partial charge in [-0.05, 0) is 141 Å². The first-order valence-corrected chi connectivity index (χ1v) is 33.3. The van der Waals surface area contributed by atoms with Gasteiger partial charge in [0, 0.05) is 19.3 Å². The summed E-state index contributed by atoms with van der Waals surface area (Å²) in [5.41, 5.74) is 0. The molecule has 1 unspecified atom stereocenters. The lowest BCUT2D eigenvalue weighted by Gasteiger charge is -2.18. The van der Waals surface area contributed by atoms with Crippen LogP contribution in [0, 0.1) is 0 Å². The zero-order chi connectivity index (χ0) is 58.5. The summed E-state index contributed by atoms with van der Waals surface area (Å²) in [4.78, 5) is 38.4. The maximum Gasteiger partial charge on any atom is 0.306 e. The van der Waals surface area contributed by atoms with E-state index in [1.54, 1.807) is 0 Å². The lowest BCUT2D eigenvalue weighted by molar-refractivity contribution is -0.167. The fraction of sp³-hybridized carbons (Fsp3) is 0.640. The van der Waals surface area contributed by atoms with Crippen LogP contribution in [0.15, 0.2) is 146 Å². The largest absolute Gasteiger partial charge is 0.462 e. The maximum atomic E-state index is 12.9. The highest BCUT2D eigenvalue weighted by Gasteiger charge is 2.19. The van der Waals surface area contributed by atoms with Gasteiger partial charge in [0.1, 0.15) is 13.2 Å². The molecule has 0 fully saturated rings. The molecule has 0 radical (unpaired) electrons. The van der Waals surface area contributed by atoms with Crippen LogP contribution in [-0.4, -0.2) is 37.2 Å². The first kappa shape index (κ1) is 76.3. The summed E-state index contributed by atoms with van der Waals surface area (Å²) >= 11 is 0. The number of hydrogen-bond donors (Lipinski definition) is 0. The lowest BCUT2D eigenvalue weighted by Crippen LogP contribution is -2.30. The molecule has 0 N–H and O–H groups in total. The number of carbonyl (C=O) groups excluding carboxylic acids is 3. The Morgan fingerprint density at radius 2 is 0.481 bits per heavy atom. The number of hydrogen-bond acceptors (Lipinski definition) is 6. The molecule has 0 aromatic rings. The highest BCUT2D eigenvalue weighted by Crippen LogP contribution is 2.15. The van der Waals surface area contributed by atoms with Gasteiger partial charge in [-0.1, -0.05) is 276 Å². The third-order valence-corrected chi connectivity index (χ3v) is 13.8. The molecule has 458 valence electrons. The Morgan fingerprint density at radius 3 is 0.778 bits per heavy atom. The number of rotatable bonds is 59. The van der Waals surface area contributed by atoms with E-state index in [1.807, 2.05) is 0 Å². The van der Waals surface area contributed by atoms with Gasteiger partial charge in [-0.2, -0.15) is 0 Å². The molecule has 81 heavy (non-hydrogen) atoms. The van der Waals surface area contributed by atoms with Crippen LogP contribution >= 0.6 is 0 Å². The van der Waals surface area contributed by atoms with E-state index in [-0.39, 0.29) is 37.5 Å². The SMILES string of the molecule is CC/C=C\C/C=C\C/C=C\C/C=C\C/C=C\C/C=C\CCCCCCCCC(=O)OCC(COC(=O)CCCCCCCCCCC/C=C\CCCCCCCC)OC(=O)CCCCC/C=C\C/C=C\C/C=C\C/C=C\C/C=C\CC. The Balaban J connectivity index is 4.49. The summed E-state index contributed by atoms with van der Waals surface area (Å²) in [6.45, 7) is 6.38. The summed E-state index contributed by atoms with van der Waals surface area (Å²) in [6, 6.07) is 0. The molecule has 0 amide bonds. The topological polar surface area (TPSA) is 78.9 Å². The van der Waals surface area contributed by atoms with Crippen molar-refractivity contribution in [2.24, 2.45) is 0 Å². The van der Waals surface area contributed by atoms with E-state index in [1.165, 1.54) is 103 Å². The number of unbranched alkanes of at least 4 members (excludes halogenated alkanes) is 24. The highest BCUT2D eigenvalue weighted by atomic mass is 16.6.